The molecule has 0 saturated carbocycles. The largest absolute Gasteiger partial charge is 0.465 e. The number of alkyl carbamates (subject to hydrolysis) is 1. The lowest BCUT2D eigenvalue weighted by atomic mass is 9.94. The number of amides is 2. The molecule has 0 radical (unpaired) electrons. The average Bonchev–Trinajstić information content (AvgIpc) is 2.34. The van der Waals surface area contributed by atoms with E-state index in [0.717, 1.165) is 19.4 Å². The highest BCUT2D eigenvalue weighted by atomic mass is 16.6. The van der Waals surface area contributed by atoms with Crippen LogP contribution in [-0.4, -0.2) is 48.7 Å². The van der Waals surface area contributed by atoms with Gasteiger partial charge in [-0.25, -0.2) is 9.59 Å². The highest BCUT2D eigenvalue weighted by Crippen LogP contribution is 2.19. The fourth-order valence-corrected chi connectivity index (χ4v) is 2.27. The Labute approximate surface area is 125 Å². The van der Waals surface area contributed by atoms with Gasteiger partial charge in [-0.05, 0) is 46.0 Å². The summed E-state index contributed by atoms with van der Waals surface area (Å²) in [6.45, 7) is 6.93. The number of nitrogens with one attached hydrogen (secondary N) is 2. The molecule has 0 aliphatic carbocycles. The molecule has 0 aromatic rings. The molecule has 0 unspecified atom stereocenters. The molecule has 1 saturated heterocycles. The van der Waals surface area contributed by atoms with Crippen molar-refractivity contribution in [3.63, 3.8) is 0 Å². The van der Waals surface area contributed by atoms with E-state index in [1.807, 2.05) is 0 Å². The van der Waals surface area contributed by atoms with Gasteiger partial charge in [0, 0.05) is 25.8 Å². The van der Waals surface area contributed by atoms with Crippen LogP contribution in [0.2, 0.25) is 0 Å². The fraction of sp³-hybridized carbons (Fsp3) is 0.857. The molecule has 1 heterocycles. The third kappa shape index (κ3) is 8.39. The Kier molecular flexibility index (Phi) is 6.74. The quantitative estimate of drug-likeness (QED) is 0.721. The second-order valence-corrected chi connectivity index (χ2v) is 6.35. The standard InChI is InChI=1S/C14H26N2O5/c1-14(2,3)21-13(19)16-11(8-15-12(17)18)7-10-5-4-6-20-9-10/h10-11,15H,4-9H2,1-3H3,(H,16,19)(H,17,18)/t10-,11-/m1/s1. The van der Waals surface area contributed by atoms with Crippen molar-refractivity contribution >= 4 is 12.2 Å². The Hall–Kier alpha value is -1.50. The van der Waals surface area contributed by atoms with E-state index in [2.05, 4.69) is 10.6 Å². The van der Waals surface area contributed by atoms with Crippen LogP contribution in [0.5, 0.6) is 0 Å². The molecule has 7 nitrogen and oxygen atoms in total. The van der Waals surface area contributed by atoms with Crippen molar-refractivity contribution in [2.75, 3.05) is 19.8 Å². The SMILES string of the molecule is CC(C)(C)OC(=O)N[C@@H](CNC(=O)O)C[C@H]1CCCOC1. The first-order valence-electron chi connectivity index (χ1n) is 7.30. The lowest BCUT2D eigenvalue weighted by molar-refractivity contribution is 0.0387. The Balaban J connectivity index is 2.50. The smallest absolute Gasteiger partial charge is 0.407 e. The lowest BCUT2D eigenvalue weighted by Crippen LogP contribution is -2.46. The molecule has 3 N–H and O–H groups in total. The second-order valence-electron chi connectivity index (χ2n) is 6.35. The lowest BCUT2D eigenvalue weighted by Gasteiger charge is -2.28. The summed E-state index contributed by atoms with van der Waals surface area (Å²) in [5, 5.41) is 13.8. The van der Waals surface area contributed by atoms with Crippen LogP contribution in [0.4, 0.5) is 9.59 Å². The summed E-state index contributed by atoms with van der Waals surface area (Å²) in [7, 11) is 0. The maximum absolute atomic E-state index is 11.8. The normalized spacial score (nSPS) is 20.4. The Morgan fingerprint density at radius 2 is 2.14 bits per heavy atom. The minimum atomic E-state index is -1.11. The van der Waals surface area contributed by atoms with Crippen molar-refractivity contribution < 1.29 is 24.2 Å². The van der Waals surface area contributed by atoms with Gasteiger partial charge in [0.1, 0.15) is 5.60 Å². The maximum atomic E-state index is 11.8. The molecular weight excluding hydrogens is 276 g/mol. The Morgan fingerprint density at radius 3 is 2.67 bits per heavy atom. The highest BCUT2D eigenvalue weighted by molar-refractivity contribution is 5.68. The zero-order valence-corrected chi connectivity index (χ0v) is 13.0. The summed E-state index contributed by atoms with van der Waals surface area (Å²) in [6.07, 6.45) is 1.05. The van der Waals surface area contributed by atoms with Crippen LogP contribution in [0.3, 0.4) is 0 Å². The number of hydrogen-bond acceptors (Lipinski definition) is 4. The topological polar surface area (TPSA) is 96.9 Å². The molecule has 2 amide bonds. The van der Waals surface area contributed by atoms with Gasteiger partial charge in [0.05, 0.1) is 0 Å². The van der Waals surface area contributed by atoms with Gasteiger partial charge in [-0.15, -0.1) is 0 Å². The molecule has 21 heavy (non-hydrogen) atoms. The van der Waals surface area contributed by atoms with E-state index in [9.17, 15) is 9.59 Å². The molecule has 1 fully saturated rings. The van der Waals surface area contributed by atoms with E-state index >= 15 is 0 Å². The van der Waals surface area contributed by atoms with Gasteiger partial charge in [-0.2, -0.15) is 0 Å². The maximum Gasteiger partial charge on any atom is 0.407 e. The molecule has 7 heteroatoms. The van der Waals surface area contributed by atoms with E-state index in [1.165, 1.54) is 0 Å². The number of carboxylic acid groups (broad SMARTS) is 1. The van der Waals surface area contributed by atoms with E-state index in [-0.39, 0.29) is 12.6 Å². The van der Waals surface area contributed by atoms with E-state index in [4.69, 9.17) is 14.6 Å². The number of hydrogen-bond donors (Lipinski definition) is 3. The molecule has 1 rings (SSSR count). The van der Waals surface area contributed by atoms with Crippen molar-refractivity contribution in [3.05, 3.63) is 0 Å². The zero-order chi connectivity index (χ0) is 15.9. The second kappa shape index (κ2) is 8.07. The van der Waals surface area contributed by atoms with Gasteiger partial charge >= 0.3 is 12.2 Å². The minimum absolute atomic E-state index is 0.158. The summed E-state index contributed by atoms with van der Waals surface area (Å²) in [4.78, 5) is 22.4. The first-order chi connectivity index (χ1) is 9.76. The van der Waals surface area contributed by atoms with Crippen LogP contribution in [0.15, 0.2) is 0 Å². The summed E-state index contributed by atoms with van der Waals surface area (Å²) < 4.78 is 10.6. The molecular formula is C14H26N2O5. The van der Waals surface area contributed by atoms with Crippen LogP contribution < -0.4 is 10.6 Å². The molecule has 1 aliphatic heterocycles. The van der Waals surface area contributed by atoms with Crippen molar-refractivity contribution in [1.82, 2.24) is 10.6 Å². The van der Waals surface area contributed by atoms with Crippen molar-refractivity contribution in [2.45, 2.75) is 51.7 Å². The van der Waals surface area contributed by atoms with Gasteiger partial charge < -0.3 is 25.2 Å². The molecule has 0 aromatic heterocycles. The molecule has 0 spiro atoms. The van der Waals surface area contributed by atoms with Gasteiger partial charge in [-0.3, -0.25) is 0 Å². The predicted molar refractivity (Wildman–Crippen MR) is 77.3 cm³/mol. The van der Waals surface area contributed by atoms with Gasteiger partial charge in [0.25, 0.3) is 0 Å². The summed E-state index contributed by atoms with van der Waals surface area (Å²) in [5.41, 5.74) is -0.581. The average molecular weight is 302 g/mol. The predicted octanol–water partition coefficient (Wildman–Crippen LogP) is 1.96. The fourth-order valence-electron chi connectivity index (χ4n) is 2.27. The summed E-state index contributed by atoms with van der Waals surface area (Å²) in [6, 6.07) is -0.303. The van der Waals surface area contributed by atoms with Crippen molar-refractivity contribution in [2.24, 2.45) is 5.92 Å². The summed E-state index contributed by atoms with van der Waals surface area (Å²) >= 11 is 0. The van der Waals surface area contributed by atoms with Gasteiger partial charge in [0.15, 0.2) is 0 Å². The zero-order valence-electron chi connectivity index (χ0n) is 13.0. The van der Waals surface area contributed by atoms with Crippen LogP contribution in [-0.2, 0) is 9.47 Å². The van der Waals surface area contributed by atoms with Crippen LogP contribution in [0, 0.1) is 5.92 Å². The Morgan fingerprint density at radius 1 is 1.43 bits per heavy atom. The first-order valence-corrected chi connectivity index (χ1v) is 7.30. The number of carbonyl (C=O) groups is 2. The van der Waals surface area contributed by atoms with Crippen LogP contribution in [0.25, 0.3) is 0 Å². The van der Waals surface area contributed by atoms with Gasteiger partial charge in [0.2, 0.25) is 0 Å². The highest BCUT2D eigenvalue weighted by Gasteiger charge is 2.23. The third-order valence-electron chi connectivity index (χ3n) is 3.09. The van der Waals surface area contributed by atoms with Gasteiger partial charge in [-0.1, -0.05) is 0 Å². The molecule has 1 aliphatic rings. The van der Waals surface area contributed by atoms with Crippen molar-refractivity contribution in [3.8, 4) is 0 Å². The van der Waals surface area contributed by atoms with E-state index < -0.39 is 17.8 Å². The van der Waals surface area contributed by atoms with Crippen LogP contribution >= 0.6 is 0 Å². The monoisotopic (exact) mass is 302 g/mol. The molecule has 2 atom stereocenters. The Bertz CT molecular complexity index is 348. The molecule has 0 aromatic carbocycles. The van der Waals surface area contributed by atoms with Crippen molar-refractivity contribution in [1.29, 1.82) is 0 Å². The van der Waals surface area contributed by atoms with Crippen LogP contribution in [0.1, 0.15) is 40.0 Å². The number of carbonyl (C=O) groups excluding carboxylic acids is 1. The third-order valence-corrected chi connectivity index (χ3v) is 3.09. The van der Waals surface area contributed by atoms with E-state index in [1.54, 1.807) is 20.8 Å². The number of rotatable bonds is 5. The minimum Gasteiger partial charge on any atom is -0.465 e. The summed E-state index contributed by atoms with van der Waals surface area (Å²) in [5.74, 6) is 0.328. The molecule has 122 valence electrons. The van der Waals surface area contributed by atoms with E-state index in [0.29, 0.717) is 18.9 Å². The first kappa shape index (κ1) is 17.6. The molecule has 0 bridgehead atoms. The number of ether oxygens (including phenoxy) is 2.